The van der Waals surface area contributed by atoms with Crippen LogP contribution in [0.15, 0.2) is 0 Å². The standard InChI is InChI=1S/4C6H10O3.2Zr/c4*1-2-3-5(7)4-6(8)9;;/h4*2-4H2,1H3,(H,8,9);;. The van der Waals surface area contributed by atoms with Crippen molar-refractivity contribution < 1.29 is 111 Å². The van der Waals surface area contributed by atoms with Crippen molar-refractivity contribution in [3.63, 3.8) is 0 Å². The van der Waals surface area contributed by atoms with Gasteiger partial charge in [-0.1, -0.05) is 27.7 Å². The Morgan fingerprint density at radius 3 is 0.579 bits per heavy atom. The summed E-state index contributed by atoms with van der Waals surface area (Å²) in [6.07, 6.45) is 3.14. The molecule has 0 fully saturated rings. The van der Waals surface area contributed by atoms with Crippen molar-refractivity contribution in [1.82, 2.24) is 0 Å². The predicted octanol–water partition coefficient (Wildman–Crippen LogP) is 3.32. The minimum absolute atomic E-state index is 0. The molecule has 0 aromatic rings. The summed E-state index contributed by atoms with van der Waals surface area (Å²) in [5.74, 6) is -4.89. The van der Waals surface area contributed by atoms with Gasteiger partial charge in [-0.3, -0.25) is 38.4 Å². The average molecular weight is 703 g/mol. The van der Waals surface area contributed by atoms with Gasteiger partial charge in [-0.15, -0.1) is 0 Å². The topological polar surface area (TPSA) is 217 Å². The SMILES string of the molecule is CCCC(=O)CC(=O)O.CCCC(=O)CC(=O)O.CCCC(=O)CC(=O)O.CCCC(=O)CC(=O)O.[Zr].[Zr]. The first kappa shape index (κ1) is 49.3. The van der Waals surface area contributed by atoms with Crippen molar-refractivity contribution >= 4 is 47.0 Å². The molecule has 0 aliphatic carbocycles. The molecule has 38 heavy (non-hydrogen) atoms. The van der Waals surface area contributed by atoms with Gasteiger partial charge in [0.2, 0.25) is 0 Å². The third-order valence-electron chi connectivity index (χ3n) is 3.51. The molecule has 0 saturated carbocycles. The maximum Gasteiger partial charge on any atom is 0.310 e. The number of Topliss-reactive ketones (excluding diaryl/α,β-unsaturated/α-hetero) is 4. The Balaban J connectivity index is -0.0000000883. The first-order valence-electron chi connectivity index (χ1n) is 11.6. The minimum atomic E-state index is -1.03. The van der Waals surface area contributed by atoms with Crippen LogP contribution in [0.3, 0.4) is 0 Å². The van der Waals surface area contributed by atoms with Crippen LogP contribution in [-0.2, 0) is 90.8 Å². The Labute approximate surface area is 261 Å². The first-order chi connectivity index (χ1) is 16.7. The summed E-state index contributed by atoms with van der Waals surface area (Å²) >= 11 is 0. The zero-order chi connectivity index (χ0) is 29.1. The number of rotatable bonds is 16. The fraction of sp³-hybridized carbons (Fsp3) is 0.667. The number of carbonyl (C=O) groups excluding carboxylic acids is 4. The molecule has 0 aliphatic rings. The van der Waals surface area contributed by atoms with Crippen LogP contribution < -0.4 is 0 Å². The van der Waals surface area contributed by atoms with Crippen LogP contribution >= 0.6 is 0 Å². The molecule has 0 rings (SSSR count). The molecular weight excluding hydrogens is 663 g/mol. The quantitative estimate of drug-likeness (QED) is 0.170. The molecular formula is C24H40O12Zr2. The van der Waals surface area contributed by atoms with E-state index in [0.29, 0.717) is 25.7 Å². The van der Waals surface area contributed by atoms with Gasteiger partial charge in [0.15, 0.2) is 0 Å². The zero-order valence-electron chi connectivity index (χ0n) is 22.5. The van der Waals surface area contributed by atoms with E-state index in [1.165, 1.54) is 0 Å². The molecule has 216 valence electrons. The van der Waals surface area contributed by atoms with E-state index in [-0.39, 0.29) is 101 Å². The van der Waals surface area contributed by atoms with Crippen molar-refractivity contribution in [2.75, 3.05) is 0 Å². The molecule has 14 heteroatoms. The molecule has 0 atom stereocenters. The average Bonchev–Trinajstić information content (AvgIpc) is 2.68. The van der Waals surface area contributed by atoms with Crippen molar-refractivity contribution in [3.8, 4) is 0 Å². The van der Waals surface area contributed by atoms with Crippen LogP contribution in [0.25, 0.3) is 0 Å². The summed E-state index contributed by atoms with van der Waals surface area (Å²) in [6.45, 7) is 7.39. The van der Waals surface area contributed by atoms with Crippen LogP contribution in [-0.4, -0.2) is 67.4 Å². The third kappa shape index (κ3) is 55.0. The summed E-state index contributed by atoms with van der Waals surface area (Å²) < 4.78 is 0. The van der Waals surface area contributed by atoms with E-state index < -0.39 is 23.9 Å². The van der Waals surface area contributed by atoms with Crippen LogP contribution in [0.2, 0.25) is 0 Å². The normalized spacial score (nSPS) is 8.53. The van der Waals surface area contributed by atoms with E-state index >= 15 is 0 Å². The molecule has 4 N–H and O–H groups in total. The van der Waals surface area contributed by atoms with Gasteiger partial charge in [0, 0.05) is 78.1 Å². The largest absolute Gasteiger partial charge is 0.481 e. The maximum absolute atomic E-state index is 10.5. The maximum atomic E-state index is 10.5. The molecule has 0 heterocycles. The van der Waals surface area contributed by atoms with Crippen LogP contribution in [0, 0.1) is 0 Å². The molecule has 12 nitrogen and oxygen atoms in total. The van der Waals surface area contributed by atoms with Crippen molar-refractivity contribution in [3.05, 3.63) is 0 Å². The van der Waals surface area contributed by atoms with E-state index in [0.717, 1.165) is 25.7 Å². The van der Waals surface area contributed by atoms with E-state index in [2.05, 4.69) is 0 Å². The van der Waals surface area contributed by atoms with Crippen molar-refractivity contribution in [1.29, 1.82) is 0 Å². The predicted molar refractivity (Wildman–Crippen MR) is 129 cm³/mol. The molecule has 0 radical (unpaired) electrons. The van der Waals surface area contributed by atoms with Gasteiger partial charge in [-0.2, -0.15) is 0 Å². The summed E-state index contributed by atoms with van der Waals surface area (Å²) in [5.41, 5.74) is 0. The van der Waals surface area contributed by atoms with E-state index in [1.807, 2.05) is 27.7 Å². The second-order valence-corrected chi connectivity index (χ2v) is 7.44. The number of carboxylic acids is 4. The van der Waals surface area contributed by atoms with E-state index in [4.69, 9.17) is 20.4 Å². The van der Waals surface area contributed by atoms with Crippen molar-refractivity contribution in [2.24, 2.45) is 0 Å². The van der Waals surface area contributed by atoms with Gasteiger partial charge in [0.1, 0.15) is 48.8 Å². The van der Waals surface area contributed by atoms with Gasteiger partial charge in [-0.25, -0.2) is 0 Å². The van der Waals surface area contributed by atoms with Crippen LogP contribution in [0.5, 0.6) is 0 Å². The van der Waals surface area contributed by atoms with Crippen LogP contribution in [0.1, 0.15) is 105 Å². The third-order valence-corrected chi connectivity index (χ3v) is 3.51. The fourth-order valence-electron chi connectivity index (χ4n) is 2.14. The van der Waals surface area contributed by atoms with Crippen molar-refractivity contribution in [2.45, 2.75) is 105 Å². The molecule has 0 saturated heterocycles. The first-order valence-corrected chi connectivity index (χ1v) is 11.6. The monoisotopic (exact) mass is 700 g/mol. The molecule has 0 bridgehead atoms. The Morgan fingerprint density at radius 1 is 0.368 bits per heavy atom. The number of hydrogen-bond donors (Lipinski definition) is 4. The second kappa shape index (κ2) is 35.3. The molecule has 0 spiro atoms. The summed E-state index contributed by atoms with van der Waals surface area (Å²) in [4.78, 5) is 81.3. The van der Waals surface area contributed by atoms with Gasteiger partial charge >= 0.3 is 23.9 Å². The molecule has 0 aromatic carbocycles. The number of ketones is 4. The zero-order valence-corrected chi connectivity index (χ0v) is 27.5. The summed E-state index contributed by atoms with van der Waals surface area (Å²) in [5, 5.41) is 32.4. The molecule has 0 aromatic heterocycles. The smallest absolute Gasteiger partial charge is 0.310 e. The van der Waals surface area contributed by atoms with Gasteiger partial charge < -0.3 is 20.4 Å². The van der Waals surface area contributed by atoms with Crippen LogP contribution in [0.4, 0.5) is 0 Å². The second-order valence-electron chi connectivity index (χ2n) is 7.44. The number of carboxylic acid groups (broad SMARTS) is 4. The summed E-state index contributed by atoms with van der Waals surface area (Å²) in [7, 11) is 0. The summed E-state index contributed by atoms with van der Waals surface area (Å²) in [6, 6.07) is 0. The Morgan fingerprint density at radius 2 is 0.500 bits per heavy atom. The number of carbonyl (C=O) groups is 8. The van der Waals surface area contributed by atoms with E-state index in [1.54, 1.807) is 0 Å². The Bertz CT molecular complexity index is 601. The number of aliphatic carboxylic acids is 4. The number of hydrogen-bond acceptors (Lipinski definition) is 8. The van der Waals surface area contributed by atoms with E-state index in [9.17, 15) is 38.4 Å². The fourth-order valence-corrected chi connectivity index (χ4v) is 2.14. The Kier molecular flexibility index (Phi) is 45.8. The Hall–Kier alpha value is -1.67. The van der Waals surface area contributed by atoms with Gasteiger partial charge in [0.25, 0.3) is 0 Å². The minimum Gasteiger partial charge on any atom is -0.481 e. The molecule has 0 aliphatic heterocycles. The van der Waals surface area contributed by atoms with Gasteiger partial charge in [0.05, 0.1) is 0 Å². The molecule has 0 unspecified atom stereocenters. The van der Waals surface area contributed by atoms with Gasteiger partial charge in [-0.05, 0) is 25.7 Å². The molecule has 0 amide bonds.